The van der Waals surface area contributed by atoms with Crippen molar-refractivity contribution in [2.45, 2.75) is 0 Å². The van der Waals surface area contributed by atoms with Crippen LogP contribution < -0.4 is 4.90 Å². The topological polar surface area (TPSA) is 20.3 Å². The van der Waals surface area contributed by atoms with Crippen LogP contribution in [0.2, 0.25) is 0 Å². The lowest BCUT2D eigenvalue weighted by molar-refractivity contribution is 0.0999. The second-order valence-electron chi connectivity index (χ2n) is 4.96. The van der Waals surface area contributed by atoms with Gasteiger partial charge in [-0.05, 0) is 54.6 Å². The third kappa shape index (κ3) is 3.26. The van der Waals surface area contributed by atoms with Crippen LogP contribution in [0.5, 0.6) is 0 Å². The van der Waals surface area contributed by atoms with E-state index in [9.17, 15) is 13.6 Å². The lowest BCUT2D eigenvalue weighted by atomic mass is 10.1. The molecule has 0 bridgehead atoms. The molecule has 0 aliphatic heterocycles. The van der Waals surface area contributed by atoms with Crippen molar-refractivity contribution in [3.8, 4) is 0 Å². The van der Waals surface area contributed by atoms with E-state index in [1.165, 1.54) is 47.4 Å². The van der Waals surface area contributed by atoms with Gasteiger partial charge in [0.25, 0.3) is 5.91 Å². The van der Waals surface area contributed by atoms with Crippen molar-refractivity contribution >= 4 is 17.3 Å². The number of halogens is 2. The Kier molecular flexibility index (Phi) is 4.15. The second-order valence-corrected chi connectivity index (χ2v) is 4.96. The van der Waals surface area contributed by atoms with Crippen LogP contribution in [0.25, 0.3) is 0 Å². The molecule has 0 aliphatic rings. The first-order valence-electron chi connectivity index (χ1n) is 7.06. The number of amides is 1. The first-order valence-corrected chi connectivity index (χ1v) is 7.06. The maximum absolute atomic E-state index is 13.6. The predicted octanol–water partition coefficient (Wildman–Crippen LogP) is 4.94. The van der Waals surface area contributed by atoms with Gasteiger partial charge < -0.3 is 0 Å². The molecule has 0 atom stereocenters. The number of nitrogens with zero attached hydrogens (tertiary/aromatic N) is 1. The molecule has 0 radical (unpaired) electrons. The molecule has 3 aromatic carbocycles. The average Bonchev–Trinajstić information content (AvgIpc) is 2.58. The summed E-state index contributed by atoms with van der Waals surface area (Å²) in [5.74, 6) is -1.17. The van der Waals surface area contributed by atoms with Crippen LogP contribution >= 0.6 is 0 Å². The largest absolute Gasteiger partial charge is 0.277 e. The standard InChI is InChI=1S/C19H13F2NO/c20-15-9-11-17(12-10-15)22(18-8-4-7-16(21)13-18)19(23)14-5-2-1-3-6-14/h1-13H. The number of carbonyl (C=O) groups excluding carboxylic acids is 1. The highest BCUT2D eigenvalue weighted by molar-refractivity contribution is 6.10. The highest BCUT2D eigenvalue weighted by Gasteiger charge is 2.20. The second kappa shape index (κ2) is 6.40. The summed E-state index contributed by atoms with van der Waals surface area (Å²) in [4.78, 5) is 14.2. The molecule has 3 aromatic rings. The molecule has 0 saturated carbocycles. The van der Waals surface area contributed by atoms with Gasteiger partial charge in [0, 0.05) is 11.3 Å². The Balaban J connectivity index is 2.10. The average molecular weight is 309 g/mol. The fourth-order valence-electron chi connectivity index (χ4n) is 2.30. The summed E-state index contributed by atoms with van der Waals surface area (Å²) >= 11 is 0. The van der Waals surface area contributed by atoms with Gasteiger partial charge in [0.15, 0.2) is 0 Å². The number of hydrogen-bond donors (Lipinski definition) is 0. The molecule has 0 unspecified atom stereocenters. The van der Waals surface area contributed by atoms with Crippen molar-refractivity contribution < 1.29 is 13.6 Å². The zero-order valence-corrected chi connectivity index (χ0v) is 12.1. The first kappa shape index (κ1) is 14.9. The van der Waals surface area contributed by atoms with Crippen LogP contribution in [0.1, 0.15) is 10.4 Å². The molecular formula is C19H13F2NO. The SMILES string of the molecule is O=C(c1ccccc1)N(c1ccc(F)cc1)c1cccc(F)c1. The van der Waals surface area contributed by atoms with E-state index in [0.717, 1.165) is 0 Å². The minimum absolute atomic E-state index is 0.317. The monoisotopic (exact) mass is 309 g/mol. The Morgan fingerprint density at radius 1 is 0.696 bits per heavy atom. The van der Waals surface area contributed by atoms with Gasteiger partial charge in [0.2, 0.25) is 0 Å². The van der Waals surface area contributed by atoms with Gasteiger partial charge >= 0.3 is 0 Å². The van der Waals surface area contributed by atoms with E-state index in [4.69, 9.17) is 0 Å². The van der Waals surface area contributed by atoms with Gasteiger partial charge in [-0.2, -0.15) is 0 Å². The molecule has 0 aliphatic carbocycles. The van der Waals surface area contributed by atoms with Crippen LogP contribution in [0, 0.1) is 11.6 Å². The summed E-state index contributed by atoms with van der Waals surface area (Å²) in [6, 6.07) is 19.9. The maximum Gasteiger partial charge on any atom is 0.262 e. The van der Waals surface area contributed by atoms with Gasteiger partial charge in [-0.1, -0.05) is 24.3 Å². The summed E-state index contributed by atoms with van der Waals surface area (Å²) < 4.78 is 26.8. The molecule has 0 fully saturated rings. The van der Waals surface area contributed by atoms with Crippen molar-refractivity contribution in [1.82, 2.24) is 0 Å². The molecule has 4 heteroatoms. The van der Waals surface area contributed by atoms with E-state index in [2.05, 4.69) is 0 Å². The molecule has 2 nitrogen and oxygen atoms in total. The fraction of sp³-hybridized carbons (Fsp3) is 0. The maximum atomic E-state index is 13.6. The van der Waals surface area contributed by atoms with Crippen LogP contribution in [-0.4, -0.2) is 5.91 Å². The highest BCUT2D eigenvalue weighted by Crippen LogP contribution is 2.28. The Hall–Kier alpha value is -3.01. The fourth-order valence-corrected chi connectivity index (χ4v) is 2.30. The molecule has 0 N–H and O–H groups in total. The van der Waals surface area contributed by atoms with Crippen LogP contribution in [0.3, 0.4) is 0 Å². The molecule has 1 amide bonds. The summed E-state index contributed by atoms with van der Waals surface area (Å²) in [5.41, 5.74) is 1.30. The molecule has 0 aromatic heterocycles. The predicted molar refractivity (Wildman–Crippen MR) is 85.7 cm³/mol. The number of carbonyl (C=O) groups is 1. The zero-order valence-electron chi connectivity index (χ0n) is 12.1. The molecule has 23 heavy (non-hydrogen) atoms. The molecule has 0 spiro atoms. The Bertz CT molecular complexity index is 816. The normalized spacial score (nSPS) is 10.3. The van der Waals surface area contributed by atoms with Crippen molar-refractivity contribution in [3.05, 3.63) is 96.1 Å². The van der Waals surface area contributed by atoms with E-state index in [1.54, 1.807) is 36.4 Å². The lowest BCUT2D eigenvalue weighted by Crippen LogP contribution is -2.26. The lowest BCUT2D eigenvalue weighted by Gasteiger charge is -2.23. The number of benzene rings is 3. The van der Waals surface area contributed by atoms with Gasteiger partial charge in [-0.25, -0.2) is 8.78 Å². The zero-order chi connectivity index (χ0) is 16.2. The van der Waals surface area contributed by atoms with E-state index in [-0.39, 0.29) is 5.91 Å². The van der Waals surface area contributed by atoms with Gasteiger partial charge in [0.1, 0.15) is 11.6 Å². The van der Waals surface area contributed by atoms with E-state index in [0.29, 0.717) is 16.9 Å². The highest BCUT2D eigenvalue weighted by atomic mass is 19.1. The summed E-state index contributed by atoms with van der Waals surface area (Å²) in [6.45, 7) is 0. The quantitative estimate of drug-likeness (QED) is 0.671. The summed E-state index contributed by atoms with van der Waals surface area (Å²) in [5, 5.41) is 0. The molecule has 3 rings (SSSR count). The van der Waals surface area contributed by atoms with Gasteiger partial charge in [-0.15, -0.1) is 0 Å². The first-order chi connectivity index (χ1) is 11.1. The van der Waals surface area contributed by atoms with E-state index in [1.807, 2.05) is 0 Å². The number of anilines is 2. The number of hydrogen-bond acceptors (Lipinski definition) is 1. The van der Waals surface area contributed by atoms with Gasteiger partial charge in [0.05, 0.1) is 5.69 Å². The molecule has 0 heterocycles. The Labute approximate surface area is 132 Å². The molecular weight excluding hydrogens is 296 g/mol. The van der Waals surface area contributed by atoms with Crippen molar-refractivity contribution in [2.24, 2.45) is 0 Å². The van der Waals surface area contributed by atoms with Gasteiger partial charge in [-0.3, -0.25) is 9.69 Å². The van der Waals surface area contributed by atoms with Crippen LogP contribution in [-0.2, 0) is 0 Å². The van der Waals surface area contributed by atoms with Crippen molar-refractivity contribution in [1.29, 1.82) is 0 Å². The minimum Gasteiger partial charge on any atom is -0.277 e. The van der Waals surface area contributed by atoms with Crippen LogP contribution in [0.4, 0.5) is 20.2 Å². The smallest absolute Gasteiger partial charge is 0.262 e. The summed E-state index contributed by atoms with van der Waals surface area (Å²) in [6.07, 6.45) is 0. The molecule has 114 valence electrons. The third-order valence-electron chi connectivity index (χ3n) is 3.38. The van der Waals surface area contributed by atoms with E-state index < -0.39 is 11.6 Å². The third-order valence-corrected chi connectivity index (χ3v) is 3.38. The minimum atomic E-state index is -0.449. The van der Waals surface area contributed by atoms with Crippen molar-refractivity contribution in [3.63, 3.8) is 0 Å². The Morgan fingerprint density at radius 3 is 2.04 bits per heavy atom. The van der Waals surface area contributed by atoms with Crippen molar-refractivity contribution in [2.75, 3.05) is 4.90 Å². The van der Waals surface area contributed by atoms with Crippen LogP contribution in [0.15, 0.2) is 78.9 Å². The number of rotatable bonds is 3. The summed E-state index contributed by atoms with van der Waals surface area (Å²) in [7, 11) is 0. The Morgan fingerprint density at radius 2 is 1.39 bits per heavy atom. The molecule has 0 saturated heterocycles. The van der Waals surface area contributed by atoms with E-state index >= 15 is 0 Å².